The molecule has 0 spiro atoms. The lowest BCUT2D eigenvalue weighted by atomic mass is 10.1. The Labute approximate surface area is 126 Å². The molecule has 0 aliphatic carbocycles. The van der Waals surface area contributed by atoms with Crippen molar-refractivity contribution in [2.75, 3.05) is 18.0 Å². The van der Waals surface area contributed by atoms with E-state index in [1.807, 2.05) is 39.0 Å². The molecule has 1 aromatic carbocycles. The zero-order chi connectivity index (χ0) is 15.5. The van der Waals surface area contributed by atoms with Crippen LogP contribution >= 0.6 is 0 Å². The standard InChI is InChI=1S/C16H25N3O2/c1-16(2,3)21-15(20)18-13-8-9-19(11-13)14-7-5-4-6-12(14)10-17/h4-7,13H,8-11,17H2,1-3H3,(H,18,20)/t13-/m1/s1. The fourth-order valence-corrected chi connectivity index (χ4v) is 2.56. The van der Waals surface area contributed by atoms with Crippen molar-refractivity contribution in [2.45, 2.75) is 45.4 Å². The molecule has 1 saturated heterocycles. The van der Waals surface area contributed by atoms with Crippen LogP contribution in [-0.2, 0) is 11.3 Å². The molecular weight excluding hydrogens is 266 g/mol. The Morgan fingerprint density at radius 1 is 1.43 bits per heavy atom. The molecule has 0 unspecified atom stereocenters. The summed E-state index contributed by atoms with van der Waals surface area (Å²) in [5.41, 5.74) is 7.62. The molecule has 116 valence electrons. The highest BCUT2D eigenvalue weighted by Crippen LogP contribution is 2.24. The van der Waals surface area contributed by atoms with E-state index in [0.29, 0.717) is 6.54 Å². The van der Waals surface area contributed by atoms with E-state index in [9.17, 15) is 4.79 Å². The zero-order valence-corrected chi connectivity index (χ0v) is 13.1. The van der Waals surface area contributed by atoms with Gasteiger partial charge in [-0.25, -0.2) is 4.79 Å². The second-order valence-electron chi connectivity index (χ2n) is 6.41. The number of ether oxygens (including phenoxy) is 1. The Kier molecular flexibility index (Phi) is 4.73. The molecule has 1 atom stereocenters. The van der Waals surface area contributed by atoms with Gasteiger partial charge in [0, 0.05) is 25.3 Å². The number of amides is 1. The molecule has 1 aliphatic heterocycles. The lowest BCUT2D eigenvalue weighted by molar-refractivity contribution is 0.0509. The van der Waals surface area contributed by atoms with Crippen LogP contribution < -0.4 is 16.0 Å². The predicted octanol–water partition coefficient (Wildman–Crippen LogP) is 2.25. The number of hydrogen-bond acceptors (Lipinski definition) is 4. The lowest BCUT2D eigenvalue weighted by Crippen LogP contribution is -2.40. The first-order chi connectivity index (χ1) is 9.89. The van der Waals surface area contributed by atoms with Gasteiger partial charge in [-0.1, -0.05) is 18.2 Å². The maximum absolute atomic E-state index is 11.8. The monoisotopic (exact) mass is 291 g/mol. The topological polar surface area (TPSA) is 67.6 Å². The van der Waals surface area contributed by atoms with Gasteiger partial charge in [-0.15, -0.1) is 0 Å². The third-order valence-electron chi connectivity index (χ3n) is 3.46. The van der Waals surface area contributed by atoms with Gasteiger partial charge in [0.15, 0.2) is 0 Å². The molecule has 1 aliphatic rings. The molecule has 21 heavy (non-hydrogen) atoms. The summed E-state index contributed by atoms with van der Waals surface area (Å²) in [5.74, 6) is 0. The summed E-state index contributed by atoms with van der Waals surface area (Å²) < 4.78 is 5.30. The SMILES string of the molecule is CC(C)(C)OC(=O)N[C@@H]1CCN(c2ccccc2CN)C1. The quantitative estimate of drug-likeness (QED) is 0.896. The van der Waals surface area contributed by atoms with Crippen molar-refractivity contribution < 1.29 is 9.53 Å². The highest BCUT2D eigenvalue weighted by atomic mass is 16.6. The van der Waals surface area contributed by atoms with E-state index in [-0.39, 0.29) is 12.1 Å². The molecular formula is C16H25N3O2. The van der Waals surface area contributed by atoms with Gasteiger partial charge in [0.1, 0.15) is 5.60 Å². The summed E-state index contributed by atoms with van der Waals surface area (Å²) in [6.07, 6.45) is 0.569. The third-order valence-corrected chi connectivity index (χ3v) is 3.46. The molecule has 0 bridgehead atoms. The van der Waals surface area contributed by atoms with Gasteiger partial charge < -0.3 is 20.7 Å². The maximum Gasteiger partial charge on any atom is 0.407 e. The molecule has 1 amide bonds. The van der Waals surface area contributed by atoms with Crippen LogP contribution in [0.15, 0.2) is 24.3 Å². The number of nitrogens with two attached hydrogens (primary N) is 1. The van der Waals surface area contributed by atoms with Crippen LogP contribution in [0.4, 0.5) is 10.5 Å². The summed E-state index contributed by atoms with van der Waals surface area (Å²) in [6.45, 7) is 7.83. The molecule has 0 aromatic heterocycles. The van der Waals surface area contributed by atoms with E-state index in [1.54, 1.807) is 0 Å². The first-order valence-corrected chi connectivity index (χ1v) is 7.41. The van der Waals surface area contributed by atoms with Crippen molar-refractivity contribution in [3.05, 3.63) is 29.8 Å². The predicted molar refractivity (Wildman–Crippen MR) is 84.3 cm³/mol. The van der Waals surface area contributed by atoms with Crippen molar-refractivity contribution in [3.63, 3.8) is 0 Å². The smallest absolute Gasteiger partial charge is 0.407 e. The number of anilines is 1. The maximum atomic E-state index is 11.8. The number of carbonyl (C=O) groups excluding carboxylic acids is 1. The number of para-hydroxylation sites is 1. The zero-order valence-electron chi connectivity index (χ0n) is 13.1. The second-order valence-corrected chi connectivity index (χ2v) is 6.41. The molecule has 5 nitrogen and oxygen atoms in total. The van der Waals surface area contributed by atoms with Crippen LogP contribution in [0.2, 0.25) is 0 Å². The van der Waals surface area contributed by atoms with Crippen molar-refractivity contribution in [1.82, 2.24) is 5.32 Å². The van der Waals surface area contributed by atoms with Gasteiger partial charge in [-0.2, -0.15) is 0 Å². The summed E-state index contributed by atoms with van der Waals surface area (Å²) in [5, 5.41) is 2.94. The first-order valence-electron chi connectivity index (χ1n) is 7.41. The van der Waals surface area contributed by atoms with Gasteiger partial charge in [0.2, 0.25) is 0 Å². The van der Waals surface area contributed by atoms with Crippen molar-refractivity contribution in [2.24, 2.45) is 5.73 Å². The number of benzene rings is 1. The molecule has 0 saturated carbocycles. The van der Waals surface area contributed by atoms with Gasteiger partial charge >= 0.3 is 6.09 Å². The molecule has 1 heterocycles. The molecule has 2 rings (SSSR count). The molecule has 5 heteroatoms. The van der Waals surface area contributed by atoms with Gasteiger partial charge in [-0.05, 0) is 38.8 Å². The molecule has 1 aromatic rings. The third kappa shape index (κ3) is 4.36. The van der Waals surface area contributed by atoms with Gasteiger partial charge in [0.05, 0.1) is 6.04 Å². The van der Waals surface area contributed by atoms with Crippen LogP contribution in [0.3, 0.4) is 0 Å². The molecule has 0 radical (unpaired) electrons. The average molecular weight is 291 g/mol. The summed E-state index contributed by atoms with van der Waals surface area (Å²) in [4.78, 5) is 14.1. The van der Waals surface area contributed by atoms with Gasteiger partial charge in [0.25, 0.3) is 0 Å². The summed E-state index contributed by atoms with van der Waals surface area (Å²) in [7, 11) is 0. The number of rotatable bonds is 3. The fourth-order valence-electron chi connectivity index (χ4n) is 2.56. The minimum atomic E-state index is -0.464. The molecule has 3 N–H and O–H groups in total. The Morgan fingerprint density at radius 2 is 2.14 bits per heavy atom. The summed E-state index contributed by atoms with van der Waals surface area (Å²) in [6, 6.07) is 8.26. The van der Waals surface area contributed by atoms with E-state index < -0.39 is 5.60 Å². The van der Waals surface area contributed by atoms with Crippen LogP contribution in [0.25, 0.3) is 0 Å². The Hall–Kier alpha value is -1.75. The average Bonchev–Trinajstić information content (AvgIpc) is 2.84. The minimum absolute atomic E-state index is 0.116. The van der Waals surface area contributed by atoms with E-state index in [4.69, 9.17) is 10.5 Å². The van der Waals surface area contributed by atoms with E-state index in [2.05, 4.69) is 16.3 Å². The number of hydrogen-bond donors (Lipinski definition) is 2. The van der Waals surface area contributed by atoms with E-state index >= 15 is 0 Å². The largest absolute Gasteiger partial charge is 0.444 e. The Balaban J connectivity index is 1.93. The van der Waals surface area contributed by atoms with E-state index in [0.717, 1.165) is 30.8 Å². The fraction of sp³-hybridized carbons (Fsp3) is 0.562. The number of alkyl carbamates (subject to hydrolysis) is 1. The Morgan fingerprint density at radius 3 is 2.81 bits per heavy atom. The number of nitrogens with one attached hydrogen (secondary N) is 1. The first kappa shape index (κ1) is 15.6. The molecule has 1 fully saturated rings. The van der Waals surface area contributed by atoms with Crippen molar-refractivity contribution in [1.29, 1.82) is 0 Å². The van der Waals surface area contributed by atoms with Gasteiger partial charge in [-0.3, -0.25) is 0 Å². The van der Waals surface area contributed by atoms with E-state index in [1.165, 1.54) is 0 Å². The Bertz CT molecular complexity index is 497. The lowest BCUT2D eigenvalue weighted by Gasteiger charge is -2.23. The summed E-state index contributed by atoms with van der Waals surface area (Å²) >= 11 is 0. The second kappa shape index (κ2) is 6.35. The highest BCUT2D eigenvalue weighted by Gasteiger charge is 2.26. The van der Waals surface area contributed by atoms with Crippen LogP contribution in [0.1, 0.15) is 32.8 Å². The minimum Gasteiger partial charge on any atom is -0.444 e. The normalized spacial score (nSPS) is 18.7. The van der Waals surface area contributed by atoms with Crippen molar-refractivity contribution in [3.8, 4) is 0 Å². The number of carbonyl (C=O) groups is 1. The van der Waals surface area contributed by atoms with Crippen molar-refractivity contribution >= 4 is 11.8 Å². The van der Waals surface area contributed by atoms with Crippen LogP contribution in [0, 0.1) is 0 Å². The number of nitrogens with zero attached hydrogens (tertiary/aromatic N) is 1. The van der Waals surface area contributed by atoms with Crippen LogP contribution in [-0.4, -0.2) is 30.8 Å². The van der Waals surface area contributed by atoms with Crippen LogP contribution in [0.5, 0.6) is 0 Å². The highest BCUT2D eigenvalue weighted by molar-refractivity contribution is 5.68.